The van der Waals surface area contributed by atoms with Crippen LogP contribution in [0.15, 0.2) is 18.3 Å². The molecule has 0 bridgehead atoms. The van der Waals surface area contributed by atoms with Gasteiger partial charge in [0.2, 0.25) is 0 Å². The molecule has 0 unspecified atom stereocenters. The number of carboxylic acids is 1. The Morgan fingerprint density at radius 3 is 2.36 bits per heavy atom. The van der Waals surface area contributed by atoms with Crippen molar-refractivity contribution in [2.24, 2.45) is 5.92 Å². The van der Waals surface area contributed by atoms with E-state index in [1.807, 2.05) is 0 Å². The molecule has 22 heavy (non-hydrogen) atoms. The number of carbonyl (C=O) groups is 2. The van der Waals surface area contributed by atoms with E-state index in [0.29, 0.717) is 0 Å². The third kappa shape index (κ3) is 3.94. The summed E-state index contributed by atoms with van der Waals surface area (Å²) >= 11 is 0. The Labute approximate surface area is 123 Å². The molecular weight excluding hydrogens is 303 g/mol. The lowest BCUT2D eigenvalue weighted by molar-refractivity contribution is -0.186. The quantitative estimate of drug-likeness (QED) is 0.886. The van der Waals surface area contributed by atoms with E-state index in [1.165, 1.54) is 17.1 Å². The van der Waals surface area contributed by atoms with Crippen molar-refractivity contribution in [3.05, 3.63) is 29.6 Å². The van der Waals surface area contributed by atoms with E-state index in [1.54, 1.807) is 0 Å². The van der Waals surface area contributed by atoms with E-state index in [-0.39, 0.29) is 37.2 Å². The number of hydrogen-bond acceptors (Lipinski definition) is 4. The molecule has 1 aromatic heterocycles. The number of alkyl halides is 3. The fraction of sp³-hybridized carbons (Fsp3) is 0.462. The second-order valence-electron chi connectivity index (χ2n) is 4.98. The van der Waals surface area contributed by atoms with Crippen LogP contribution < -0.4 is 5.43 Å². The normalized spacial score (nSPS) is 17.2. The summed E-state index contributed by atoms with van der Waals surface area (Å²) in [4.78, 5) is 26.3. The maximum atomic E-state index is 12.5. The van der Waals surface area contributed by atoms with Crippen LogP contribution >= 0.6 is 0 Å². The number of nitrogens with one attached hydrogen (secondary N) is 1. The standard InChI is InChI=1S/C13H14F3N3O3/c14-13(15,16)9-3-5-19(6-4-9)18-11(20)10-2-1-8(7-17-10)12(21)22/h1-2,7,9H,3-6H2,(H,18,20)(H,21,22). The van der Waals surface area contributed by atoms with Gasteiger partial charge in [-0.1, -0.05) is 0 Å². The lowest BCUT2D eigenvalue weighted by Crippen LogP contribution is -2.48. The minimum absolute atomic E-state index is 0.00273. The summed E-state index contributed by atoms with van der Waals surface area (Å²) < 4.78 is 37.6. The zero-order chi connectivity index (χ0) is 16.3. The minimum Gasteiger partial charge on any atom is -0.478 e. The summed E-state index contributed by atoms with van der Waals surface area (Å²) in [5.41, 5.74) is 2.42. The van der Waals surface area contributed by atoms with Gasteiger partial charge >= 0.3 is 12.1 Å². The molecule has 0 atom stereocenters. The van der Waals surface area contributed by atoms with E-state index < -0.39 is 24.0 Å². The summed E-state index contributed by atoms with van der Waals surface area (Å²) in [7, 11) is 0. The number of halogens is 3. The third-order valence-electron chi connectivity index (χ3n) is 3.46. The summed E-state index contributed by atoms with van der Waals surface area (Å²) in [5, 5.41) is 10.1. The molecule has 2 heterocycles. The molecule has 0 aliphatic carbocycles. The smallest absolute Gasteiger partial charge is 0.391 e. The first-order valence-electron chi connectivity index (χ1n) is 6.59. The van der Waals surface area contributed by atoms with Crippen LogP contribution in [0.2, 0.25) is 0 Å². The second-order valence-corrected chi connectivity index (χ2v) is 4.98. The Bertz CT molecular complexity index is 552. The van der Waals surface area contributed by atoms with Crippen LogP contribution in [0.5, 0.6) is 0 Å². The van der Waals surface area contributed by atoms with Crippen molar-refractivity contribution in [1.82, 2.24) is 15.4 Å². The number of aromatic nitrogens is 1. The van der Waals surface area contributed by atoms with Crippen molar-refractivity contribution in [2.45, 2.75) is 19.0 Å². The highest BCUT2D eigenvalue weighted by Crippen LogP contribution is 2.33. The lowest BCUT2D eigenvalue weighted by Gasteiger charge is -2.32. The van der Waals surface area contributed by atoms with E-state index in [0.717, 1.165) is 6.20 Å². The summed E-state index contributed by atoms with van der Waals surface area (Å²) in [6.45, 7) is 0.201. The first-order valence-corrected chi connectivity index (χ1v) is 6.59. The van der Waals surface area contributed by atoms with Crippen molar-refractivity contribution < 1.29 is 27.9 Å². The minimum atomic E-state index is -4.20. The van der Waals surface area contributed by atoms with Crippen LogP contribution in [0.3, 0.4) is 0 Å². The molecular formula is C13H14F3N3O3. The average Bonchev–Trinajstić information content (AvgIpc) is 2.47. The Hall–Kier alpha value is -2.16. The number of nitrogens with zero attached hydrogens (tertiary/aromatic N) is 2. The molecule has 1 aliphatic rings. The third-order valence-corrected chi connectivity index (χ3v) is 3.46. The number of amides is 1. The van der Waals surface area contributed by atoms with Crippen LogP contribution in [0, 0.1) is 5.92 Å². The number of carboxylic acid groups (broad SMARTS) is 1. The topological polar surface area (TPSA) is 82.5 Å². The van der Waals surface area contributed by atoms with Crippen LogP contribution in [0.25, 0.3) is 0 Å². The molecule has 0 saturated carbocycles. The number of carbonyl (C=O) groups excluding carboxylic acids is 1. The Morgan fingerprint density at radius 2 is 1.91 bits per heavy atom. The van der Waals surface area contributed by atoms with Gasteiger partial charge in [-0.2, -0.15) is 13.2 Å². The zero-order valence-electron chi connectivity index (χ0n) is 11.4. The number of rotatable bonds is 3. The molecule has 6 nitrogen and oxygen atoms in total. The number of hydrazine groups is 1. The molecule has 2 rings (SSSR count). The van der Waals surface area contributed by atoms with Crippen LogP contribution in [-0.4, -0.2) is 46.2 Å². The Balaban J connectivity index is 1.89. The number of piperidine rings is 1. The highest BCUT2D eigenvalue weighted by Gasteiger charge is 2.41. The predicted molar refractivity (Wildman–Crippen MR) is 69.0 cm³/mol. The van der Waals surface area contributed by atoms with Gasteiger partial charge in [-0.25, -0.2) is 9.80 Å². The van der Waals surface area contributed by atoms with Gasteiger partial charge in [0.05, 0.1) is 11.5 Å². The number of pyridine rings is 1. The number of hydrogen-bond donors (Lipinski definition) is 2. The van der Waals surface area contributed by atoms with Crippen LogP contribution in [-0.2, 0) is 0 Å². The number of aromatic carboxylic acids is 1. The van der Waals surface area contributed by atoms with Crippen molar-refractivity contribution in [2.75, 3.05) is 13.1 Å². The Morgan fingerprint density at radius 1 is 1.27 bits per heavy atom. The second kappa shape index (κ2) is 6.30. The molecule has 9 heteroatoms. The molecule has 1 aliphatic heterocycles. The molecule has 120 valence electrons. The predicted octanol–water partition coefficient (Wildman–Crippen LogP) is 1.70. The van der Waals surface area contributed by atoms with E-state index >= 15 is 0 Å². The van der Waals surface area contributed by atoms with Crippen LogP contribution in [0.4, 0.5) is 13.2 Å². The van der Waals surface area contributed by atoms with Gasteiger partial charge in [0.1, 0.15) is 5.69 Å². The first kappa shape index (κ1) is 16.2. The lowest BCUT2D eigenvalue weighted by atomic mass is 9.97. The molecule has 1 aromatic rings. The summed E-state index contributed by atoms with van der Waals surface area (Å²) in [6, 6.07) is 2.49. The van der Waals surface area contributed by atoms with Gasteiger partial charge < -0.3 is 5.11 Å². The van der Waals surface area contributed by atoms with Gasteiger partial charge in [-0.3, -0.25) is 15.2 Å². The molecule has 1 amide bonds. The largest absolute Gasteiger partial charge is 0.478 e. The van der Waals surface area contributed by atoms with Crippen molar-refractivity contribution >= 4 is 11.9 Å². The van der Waals surface area contributed by atoms with Gasteiger partial charge in [-0.05, 0) is 25.0 Å². The molecule has 0 aromatic carbocycles. The Kier molecular flexibility index (Phi) is 4.65. The van der Waals surface area contributed by atoms with Crippen molar-refractivity contribution in [1.29, 1.82) is 0 Å². The fourth-order valence-electron chi connectivity index (χ4n) is 2.17. The SMILES string of the molecule is O=C(O)c1ccc(C(=O)NN2CCC(C(F)(F)F)CC2)nc1. The van der Waals surface area contributed by atoms with Crippen molar-refractivity contribution in [3.8, 4) is 0 Å². The van der Waals surface area contributed by atoms with Gasteiger partial charge in [0.25, 0.3) is 5.91 Å². The van der Waals surface area contributed by atoms with E-state index in [9.17, 15) is 22.8 Å². The van der Waals surface area contributed by atoms with Gasteiger partial charge in [0.15, 0.2) is 0 Å². The maximum absolute atomic E-state index is 12.5. The fourth-order valence-corrected chi connectivity index (χ4v) is 2.17. The van der Waals surface area contributed by atoms with Gasteiger partial charge in [-0.15, -0.1) is 0 Å². The van der Waals surface area contributed by atoms with Crippen molar-refractivity contribution in [3.63, 3.8) is 0 Å². The van der Waals surface area contributed by atoms with Crippen LogP contribution in [0.1, 0.15) is 33.7 Å². The molecule has 1 saturated heterocycles. The maximum Gasteiger partial charge on any atom is 0.391 e. The molecule has 0 spiro atoms. The van der Waals surface area contributed by atoms with E-state index in [4.69, 9.17) is 5.11 Å². The molecule has 2 N–H and O–H groups in total. The highest BCUT2D eigenvalue weighted by molar-refractivity contribution is 5.93. The zero-order valence-corrected chi connectivity index (χ0v) is 11.4. The van der Waals surface area contributed by atoms with Gasteiger partial charge in [0, 0.05) is 19.3 Å². The van der Waals surface area contributed by atoms with E-state index in [2.05, 4.69) is 10.4 Å². The monoisotopic (exact) mass is 317 g/mol. The average molecular weight is 317 g/mol. The highest BCUT2D eigenvalue weighted by atomic mass is 19.4. The molecule has 1 fully saturated rings. The first-order chi connectivity index (χ1) is 10.3. The summed E-state index contributed by atoms with van der Waals surface area (Å²) in [5.74, 6) is -3.08. The summed E-state index contributed by atoms with van der Waals surface area (Å²) in [6.07, 6.45) is -3.30. The molecule has 0 radical (unpaired) electrons.